The molecule has 0 aliphatic carbocycles. The van der Waals surface area contributed by atoms with Crippen molar-refractivity contribution in [1.29, 1.82) is 5.26 Å². The van der Waals surface area contributed by atoms with Gasteiger partial charge in [-0.2, -0.15) is 5.26 Å². The molecular formula is C8H18N2O. The molecule has 3 heteroatoms. The van der Waals surface area contributed by atoms with Crippen LogP contribution in [-0.2, 0) is 0 Å². The molecule has 0 aromatic rings. The molecule has 0 saturated carbocycles. The van der Waals surface area contributed by atoms with Gasteiger partial charge in [-0.1, -0.05) is 13.8 Å². The molecule has 0 bridgehead atoms. The van der Waals surface area contributed by atoms with E-state index in [2.05, 4.69) is 25.2 Å². The molecule has 0 spiro atoms. The van der Waals surface area contributed by atoms with Crippen LogP contribution in [0.4, 0.5) is 0 Å². The lowest BCUT2D eigenvalue weighted by molar-refractivity contribution is 0.399. The van der Waals surface area contributed by atoms with Crippen molar-refractivity contribution in [3.05, 3.63) is 0 Å². The van der Waals surface area contributed by atoms with Crippen molar-refractivity contribution in [3.63, 3.8) is 0 Å². The maximum atomic E-state index is 8.15. The minimum atomic E-state index is 0.545. The first kappa shape index (κ1) is 13.0. The fraction of sp³-hybridized carbons (Fsp3) is 0.875. The molecule has 0 fully saturated rings. The average Bonchev–Trinajstić information content (AvgIpc) is 2.02. The number of hydrogen-bond donors (Lipinski definition) is 2. The van der Waals surface area contributed by atoms with E-state index in [0.29, 0.717) is 12.5 Å². The van der Waals surface area contributed by atoms with Gasteiger partial charge in [0.2, 0.25) is 0 Å². The third kappa shape index (κ3) is 17.7. The summed E-state index contributed by atoms with van der Waals surface area (Å²) < 4.78 is 0. The Labute approximate surface area is 69.0 Å². The van der Waals surface area contributed by atoms with Crippen molar-refractivity contribution < 1.29 is 5.11 Å². The van der Waals surface area contributed by atoms with Gasteiger partial charge in [0, 0.05) is 19.6 Å². The van der Waals surface area contributed by atoms with Gasteiger partial charge in [-0.25, -0.2) is 0 Å². The van der Waals surface area contributed by atoms with Crippen LogP contribution in [0.5, 0.6) is 0 Å². The molecule has 0 aliphatic heterocycles. The molecule has 0 aromatic heterocycles. The van der Waals surface area contributed by atoms with E-state index in [9.17, 15) is 0 Å². The van der Waals surface area contributed by atoms with Crippen molar-refractivity contribution >= 4 is 0 Å². The quantitative estimate of drug-likeness (QED) is 0.597. The zero-order valence-corrected chi connectivity index (χ0v) is 7.59. The van der Waals surface area contributed by atoms with E-state index in [0.717, 1.165) is 20.1 Å². The van der Waals surface area contributed by atoms with Crippen molar-refractivity contribution in [2.45, 2.75) is 32.7 Å². The molecule has 11 heavy (non-hydrogen) atoms. The molecule has 0 aromatic carbocycles. The smallest absolute Gasteiger partial charge is 0.0622 e. The number of nitriles is 1. The highest BCUT2D eigenvalue weighted by Crippen LogP contribution is 1.84. The lowest BCUT2D eigenvalue weighted by Crippen LogP contribution is -2.23. The van der Waals surface area contributed by atoms with Gasteiger partial charge in [-0.05, 0) is 13.0 Å². The highest BCUT2D eigenvalue weighted by molar-refractivity contribution is 4.69. The lowest BCUT2D eigenvalue weighted by Gasteiger charge is -2.04. The molecule has 0 radical (unpaired) electrons. The number of nitrogens with one attached hydrogen (secondary N) is 1. The van der Waals surface area contributed by atoms with Crippen molar-refractivity contribution in [2.24, 2.45) is 0 Å². The Balaban J connectivity index is 0. The molecular weight excluding hydrogens is 140 g/mol. The summed E-state index contributed by atoms with van der Waals surface area (Å²) in [6.07, 6.45) is 1.63. The van der Waals surface area contributed by atoms with Crippen LogP contribution in [0.25, 0.3) is 0 Å². The zero-order chi connectivity index (χ0) is 9.11. The fourth-order valence-electron chi connectivity index (χ4n) is 0.558. The third-order valence-corrected chi connectivity index (χ3v) is 1.02. The van der Waals surface area contributed by atoms with E-state index < -0.39 is 0 Å². The Morgan fingerprint density at radius 2 is 2.00 bits per heavy atom. The summed E-state index contributed by atoms with van der Waals surface area (Å²) in [4.78, 5) is 0. The largest absolute Gasteiger partial charge is 0.400 e. The highest BCUT2D eigenvalue weighted by atomic mass is 16.2. The maximum Gasteiger partial charge on any atom is 0.0622 e. The van der Waals surface area contributed by atoms with Crippen LogP contribution in [0.2, 0.25) is 0 Å². The minimum Gasteiger partial charge on any atom is -0.400 e. The third-order valence-electron chi connectivity index (χ3n) is 1.02. The van der Waals surface area contributed by atoms with Gasteiger partial charge in [0.1, 0.15) is 0 Å². The normalized spacial score (nSPS) is 8.36. The van der Waals surface area contributed by atoms with Gasteiger partial charge in [0.25, 0.3) is 0 Å². The van der Waals surface area contributed by atoms with Crippen LogP contribution in [0, 0.1) is 11.3 Å². The summed E-state index contributed by atoms with van der Waals surface area (Å²) in [7, 11) is 1.00. The van der Waals surface area contributed by atoms with E-state index in [1.165, 1.54) is 0 Å². The minimum absolute atomic E-state index is 0.545. The first-order valence-electron chi connectivity index (χ1n) is 3.82. The number of aliphatic hydroxyl groups excluding tert-OH is 1. The van der Waals surface area contributed by atoms with E-state index in [1.54, 1.807) is 0 Å². The Morgan fingerprint density at radius 1 is 1.45 bits per heavy atom. The Hall–Kier alpha value is -0.590. The summed E-state index contributed by atoms with van der Waals surface area (Å²) in [5, 5.41) is 18.4. The Morgan fingerprint density at radius 3 is 2.36 bits per heavy atom. The molecule has 0 aliphatic rings. The standard InChI is InChI=1S/C7H14N2.CH4O/c1-7(2)9-6-4-3-5-8;1-2/h7,9H,3-4,6H2,1-2H3;2H,1H3. The van der Waals surface area contributed by atoms with Gasteiger partial charge in [-0.15, -0.1) is 0 Å². The number of nitrogens with zero attached hydrogens (tertiary/aromatic N) is 1. The van der Waals surface area contributed by atoms with E-state index in [4.69, 9.17) is 10.4 Å². The molecule has 0 saturated heterocycles. The Kier molecular flexibility index (Phi) is 14.4. The number of hydrogen-bond acceptors (Lipinski definition) is 3. The first-order chi connectivity index (χ1) is 5.27. The monoisotopic (exact) mass is 158 g/mol. The van der Waals surface area contributed by atoms with Crippen molar-refractivity contribution in [1.82, 2.24) is 5.32 Å². The fourth-order valence-corrected chi connectivity index (χ4v) is 0.558. The van der Waals surface area contributed by atoms with Crippen LogP contribution in [0.1, 0.15) is 26.7 Å². The molecule has 0 amide bonds. The molecule has 0 rings (SSSR count). The second-order valence-electron chi connectivity index (χ2n) is 2.37. The second kappa shape index (κ2) is 12.1. The van der Waals surface area contributed by atoms with Crippen LogP contribution >= 0.6 is 0 Å². The second-order valence-corrected chi connectivity index (χ2v) is 2.37. The first-order valence-corrected chi connectivity index (χ1v) is 3.82. The van der Waals surface area contributed by atoms with E-state index in [-0.39, 0.29) is 0 Å². The average molecular weight is 158 g/mol. The van der Waals surface area contributed by atoms with Crippen molar-refractivity contribution in [3.8, 4) is 6.07 Å². The zero-order valence-electron chi connectivity index (χ0n) is 7.59. The molecule has 2 N–H and O–H groups in total. The van der Waals surface area contributed by atoms with Crippen LogP contribution < -0.4 is 5.32 Å². The summed E-state index contributed by atoms with van der Waals surface area (Å²) in [6.45, 7) is 5.17. The molecule has 0 atom stereocenters. The molecule has 0 heterocycles. The van der Waals surface area contributed by atoms with Gasteiger partial charge in [0.05, 0.1) is 6.07 Å². The van der Waals surface area contributed by atoms with Gasteiger partial charge >= 0.3 is 0 Å². The van der Waals surface area contributed by atoms with Crippen LogP contribution in [0.3, 0.4) is 0 Å². The van der Waals surface area contributed by atoms with Crippen LogP contribution in [0.15, 0.2) is 0 Å². The SMILES string of the molecule is CC(C)NCCCC#N.CO. The van der Waals surface area contributed by atoms with Gasteiger partial charge in [-0.3, -0.25) is 0 Å². The number of rotatable bonds is 4. The summed E-state index contributed by atoms with van der Waals surface area (Å²) >= 11 is 0. The van der Waals surface area contributed by atoms with Crippen molar-refractivity contribution in [2.75, 3.05) is 13.7 Å². The number of aliphatic hydroxyl groups is 1. The van der Waals surface area contributed by atoms with Crippen LogP contribution in [-0.4, -0.2) is 24.8 Å². The lowest BCUT2D eigenvalue weighted by atomic mass is 10.3. The van der Waals surface area contributed by atoms with E-state index in [1.807, 2.05) is 0 Å². The van der Waals surface area contributed by atoms with Gasteiger partial charge in [0.15, 0.2) is 0 Å². The predicted octanol–water partition coefficient (Wildman–Crippen LogP) is 0.897. The predicted molar refractivity (Wildman–Crippen MR) is 46.1 cm³/mol. The highest BCUT2D eigenvalue weighted by Gasteiger charge is 1.89. The Bertz CT molecular complexity index is 96.8. The summed E-state index contributed by atoms with van der Waals surface area (Å²) in [5.74, 6) is 0. The maximum absolute atomic E-state index is 8.15. The van der Waals surface area contributed by atoms with Gasteiger partial charge < -0.3 is 10.4 Å². The number of unbranched alkanes of at least 4 members (excludes halogenated alkanes) is 1. The van der Waals surface area contributed by atoms with E-state index >= 15 is 0 Å². The molecule has 66 valence electrons. The summed E-state index contributed by atoms with van der Waals surface area (Å²) in [6, 6.07) is 2.65. The molecule has 0 unspecified atom stereocenters. The topological polar surface area (TPSA) is 56.0 Å². The summed E-state index contributed by atoms with van der Waals surface area (Å²) in [5.41, 5.74) is 0. The molecule has 3 nitrogen and oxygen atoms in total.